The van der Waals surface area contributed by atoms with E-state index in [-0.39, 0.29) is 0 Å². The number of benzene rings is 2. The molecule has 0 radical (unpaired) electrons. The zero-order valence-corrected chi connectivity index (χ0v) is 22.1. The number of rotatable bonds is 8. The van der Waals surface area contributed by atoms with E-state index in [1.807, 2.05) is 37.3 Å². The summed E-state index contributed by atoms with van der Waals surface area (Å²) in [7, 11) is 1.68. The van der Waals surface area contributed by atoms with Gasteiger partial charge in [-0.05, 0) is 55.6 Å². The first-order valence-electron chi connectivity index (χ1n) is 13.2. The predicted octanol–water partition coefficient (Wildman–Crippen LogP) is 3.66. The standard InChI is InChI=1S/C28H35N5O5/c1-20-5-3-7-22(17-20)38-28(34)31-26-23-18-21(6-4-8-32-9-13-36-14-10-32)25(35-2)19-24(23)29-27(30-26)33-11-15-37-16-12-33/h3,5,7,17-19H,4,6,8-16H2,1-2H3,(H,29,30,31,34). The molecule has 0 spiro atoms. The summed E-state index contributed by atoms with van der Waals surface area (Å²) in [5.41, 5.74) is 2.75. The average molecular weight is 522 g/mol. The number of carbonyl (C=O) groups is 1. The average Bonchev–Trinajstić information content (AvgIpc) is 2.94. The summed E-state index contributed by atoms with van der Waals surface area (Å²) in [6.45, 7) is 9.00. The van der Waals surface area contributed by atoms with Crippen LogP contribution in [0.3, 0.4) is 0 Å². The molecule has 1 N–H and O–H groups in total. The first kappa shape index (κ1) is 26.1. The van der Waals surface area contributed by atoms with Gasteiger partial charge < -0.3 is 23.8 Å². The summed E-state index contributed by atoms with van der Waals surface area (Å²) in [6.07, 6.45) is 1.20. The zero-order chi connectivity index (χ0) is 26.3. The van der Waals surface area contributed by atoms with Gasteiger partial charge in [0.1, 0.15) is 17.3 Å². The lowest BCUT2D eigenvalue weighted by Crippen LogP contribution is -2.37. The normalized spacial score (nSPS) is 16.4. The number of nitrogens with one attached hydrogen (secondary N) is 1. The third-order valence-corrected chi connectivity index (χ3v) is 6.82. The Morgan fingerprint density at radius 3 is 2.53 bits per heavy atom. The fraction of sp³-hybridized carbons (Fsp3) is 0.464. The van der Waals surface area contributed by atoms with Gasteiger partial charge in [0.25, 0.3) is 0 Å². The lowest BCUT2D eigenvalue weighted by atomic mass is 10.0. The molecular formula is C28H35N5O5. The number of carbonyl (C=O) groups excluding carboxylic acids is 1. The summed E-state index contributed by atoms with van der Waals surface area (Å²) in [5, 5.41) is 3.61. The Hall–Kier alpha value is -3.47. The van der Waals surface area contributed by atoms with Gasteiger partial charge in [-0.25, -0.2) is 9.78 Å². The van der Waals surface area contributed by atoms with Gasteiger partial charge in [-0.2, -0.15) is 4.98 Å². The summed E-state index contributed by atoms with van der Waals surface area (Å²) in [6, 6.07) is 11.3. The van der Waals surface area contributed by atoms with Gasteiger partial charge in [0, 0.05) is 37.6 Å². The number of methoxy groups -OCH3 is 1. The van der Waals surface area contributed by atoms with Gasteiger partial charge in [0.05, 0.1) is 39.1 Å². The van der Waals surface area contributed by atoms with E-state index in [9.17, 15) is 4.79 Å². The largest absolute Gasteiger partial charge is 0.496 e. The quantitative estimate of drug-likeness (QED) is 0.476. The van der Waals surface area contributed by atoms with Crippen molar-refractivity contribution in [3.05, 3.63) is 47.5 Å². The van der Waals surface area contributed by atoms with Crippen molar-refractivity contribution in [2.75, 3.05) is 76.5 Å². The molecule has 5 rings (SSSR count). The van der Waals surface area contributed by atoms with Crippen LogP contribution < -0.4 is 19.7 Å². The molecule has 10 heteroatoms. The molecular weight excluding hydrogens is 486 g/mol. The fourth-order valence-electron chi connectivity index (χ4n) is 4.80. The van der Waals surface area contributed by atoms with Gasteiger partial charge in [0.2, 0.25) is 5.95 Å². The molecule has 0 atom stereocenters. The number of anilines is 2. The SMILES string of the molecule is COc1cc2nc(N3CCOCC3)nc(NC(=O)Oc3cccc(C)c3)c2cc1CCCN1CCOCC1. The zero-order valence-electron chi connectivity index (χ0n) is 22.1. The van der Waals surface area contributed by atoms with Gasteiger partial charge in [-0.1, -0.05) is 12.1 Å². The second-order valence-electron chi connectivity index (χ2n) is 9.54. The van der Waals surface area contributed by atoms with Crippen LogP contribution in [0.15, 0.2) is 36.4 Å². The molecule has 0 unspecified atom stereocenters. The molecule has 3 aromatic rings. The number of amides is 1. The first-order chi connectivity index (χ1) is 18.6. The maximum Gasteiger partial charge on any atom is 0.418 e. The molecule has 2 aromatic carbocycles. The van der Waals surface area contributed by atoms with Crippen LogP contribution in [-0.4, -0.2) is 87.2 Å². The second-order valence-corrected chi connectivity index (χ2v) is 9.54. The van der Waals surface area contributed by atoms with Crippen LogP contribution in [0.1, 0.15) is 17.5 Å². The number of aromatic nitrogens is 2. The monoisotopic (exact) mass is 521 g/mol. The molecule has 3 heterocycles. The molecule has 202 valence electrons. The van der Waals surface area contributed by atoms with Crippen LogP contribution >= 0.6 is 0 Å². The lowest BCUT2D eigenvalue weighted by molar-refractivity contribution is 0.0374. The summed E-state index contributed by atoms with van der Waals surface area (Å²) < 4.78 is 22.3. The summed E-state index contributed by atoms with van der Waals surface area (Å²) in [4.78, 5) is 27.0. The van der Waals surface area contributed by atoms with Crippen LogP contribution in [0.2, 0.25) is 0 Å². The van der Waals surface area contributed by atoms with Crippen LogP contribution in [0.25, 0.3) is 10.9 Å². The Labute approximate surface area is 222 Å². The van der Waals surface area contributed by atoms with Gasteiger partial charge in [-0.15, -0.1) is 0 Å². The van der Waals surface area contributed by atoms with E-state index < -0.39 is 6.09 Å². The molecule has 0 bridgehead atoms. The number of fused-ring (bicyclic) bond motifs is 1. The van der Waals surface area contributed by atoms with Crippen LogP contribution in [-0.2, 0) is 15.9 Å². The van der Waals surface area contributed by atoms with Crippen molar-refractivity contribution < 1.29 is 23.7 Å². The number of aryl methyl sites for hydroxylation is 2. The van der Waals surface area contributed by atoms with Gasteiger partial charge in [-0.3, -0.25) is 10.2 Å². The summed E-state index contributed by atoms with van der Waals surface area (Å²) >= 11 is 0. The molecule has 2 aliphatic heterocycles. The third kappa shape index (κ3) is 6.50. The number of ether oxygens (including phenoxy) is 4. The Balaban J connectivity index is 1.43. The Kier molecular flexibility index (Phi) is 8.52. The van der Waals surface area contributed by atoms with Crippen molar-refractivity contribution in [2.45, 2.75) is 19.8 Å². The molecule has 38 heavy (non-hydrogen) atoms. The fourth-order valence-corrected chi connectivity index (χ4v) is 4.80. The van der Waals surface area contributed by atoms with Gasteiger partial charge in [0.15, 0.2) is 0 Å². The van der Waals surface area contributed by atoms with E-state index in [0.717, 1.165) is 68.0 Å². The van der Waals surface area contributed by atoms with E-state index in [4.69, 9.17) is 28.9 Å². The highest BCUT2D eigenvalue weighted by Crippen LogP contribution is 2.32. The number of hydrogen-bond acceptors (Lipinski definition) is 9. The van der Waals surface area contributed by atoms with Crippen LogP contribution in [0, 0.1) is 6.92 Å². The summed E-state index contributed by atoms with van der Waals surface area (Å²) in [5.74, 6) is 2.19. The molecule has 10 nitrogen and oxygen atoms in total. The molecule has 1 aromatic heterocycles. The highest BCUT2D eigenvalue weighted by Gasteiger charge is 2.20. The number of hydrogen-bond donors (Lipinski definition) is 1. The van der Waals surface area contributed by atoms with E-state index >= 15 is 0 Å². The number of morpholine rings is 2. The van der Waals surface area contributed by atoms with Crippen LogP contribution in [0.4, 0.5) is 16.6 Å². The Bertz CT molecular complexity index is 1260. The minimum absolute atomic E-state index is 0.409. The van der Waals surface area contributed by atoms with E-state index in [2.05, 4.69) is 15.1 Å². The molecule has 0 saturated carbocycles. The maximum absolute atomic E-state index is 12.9. The molecule has 2 fully saturated rings. The minimum Gasteiger partial charge on any atom is -0.496 e. The van der Waals surface area contributed by atoms with Crippen molar-refractivity contribution >= 4 is 28.8 Å². The minimum atomic E-state index is -0.604. The first-order valence-corrected chi connectivity index (χ1v) is 13.2. The van der Waals surface area contributed by atoms with Crippen molar-refractivity contribution in [3.63, 3.8) is 0 Å². The van der Waals surface area contributed by atoms with Crippen molar-refractivity contribution in [1.82, 2.24) is 14.9 Å². The molecule has 0 aliphatic carbocycles. The van der Waals surface area contributed by atoms with Crippen molar-refractivity contribution in [1.29, 1.82) is 0 Å². The van der Waals surface area contributed by atoms with Crippen LogP contribution in [0.5, 0.6) is 11.5 Å². The third-order valence-electron chi connectivity index (χ3n) is 6.82. The molecule has 2 saturated heterocycles. The van der Waals surface area contributed by atoms with Crippen molar-refractivity contribution in [3.8, 4) is 11.5 Å². The Morgan fingerprint density at radius 2 is 1.79 bits per heavy atom. The predicted molar refractivity (Wildman–Crippen MR) is 146 cm³/mol. The second kappa shape index (κ2) is 12.4. The molecule has 2 aliphatic rings. The highest BCUT2D eigenvalue weighted by atomic mass is 16.6. The maximum atomic E-state index is 12.9. The van der Waals surface area contributed by atoms with E-state index in [0.29, 0.717) is 49.3 Å². The topological polar surface area (TPSA) is 98.3 Å². The highest BCUT2D eigenvalue weighted by molar-refractivity contribution is 5.98. The Morgan fingerprint density at radius 1 is 1.03 bits per heavy atom. The number of nitrogens with zero attached hydrogens (tertiary/aromatic N) is 4. The van der Waals surface area contributed by atoms with Crippen molar-refractivity contribution in [2.24, 2.45) is 0 Å². The smallest absolute Gasteiger partial charge is 0.418 e. The van der Waals surface area contributed by atoms with E-state index in [1.165, 1.54) is 0 Å². The lowest BCUT2D eigenvalue weighted by Gasteiger charge is -2.27. The van der Waals surface area contributed by atoms with Gasteiger partial charge >= 0.3 is 6.09 Å². The van der Waals surface area contributed by atoms with E-state index in [1.54, 1.807) is 13.2 Å². The molecule has 1 amide bonds.